The second-order valence-corrected chi connectivity index (χ2v) is 6.16. The van der Waals surface area contributed by atoms with E-state index in [4.69, 9.17) is 23.2 Å². The van der Waals surface area contributed by atoms with E-state index in [0.29, 0.717) is 18.0 Å². The van der Waals surface area contributed by atoms with E-state index >= 15 is 0 Å². The number of esters is 1. The second-order valence-electron chi connectivity index (χ2n) is 4.18. The molecule has 1 rings (SSSR count). The fourth-order valence-electron chi connectivity index (χ4n) is 1.65. The molecule has 0 saturated heterocycles. The summed E-state index contributed by atoms with van der Waals surface area (Å²) >= 11 is 13.7. The number of ether oxygens (including phenoxy) is 1. The van der Waals surface area contributed by atoms with Crippen LogP contribution in [0.5, 0.6) is 0 Å². The Labute approximate surface area is 134 Å². The summed E-state index contributed by atoms with van der Waals surface area (Å²) in [5.74, 6) is 0.726. The summed E-state index contributed by atoms with van der Waals surface area (Å²) in [6.45, 7) is 4.59. The second kappa shape index (κ2) is 9.50. The van der Waals surface area contributed by atoms with Gasteiger partial charge in [0.05, 0.1) is 18.6 Å². The summed E-state index contributed by atoms with van der Waals surface area (Å²) in [6, 6.07) is 5.46. The van der Waals surface area contributed by atoms with E-state index in [0.717, 1.165) is 28.8 Å². The average Bonchev–Trinajstić information content (AvgIpc) is 2.45. The molecular formula is C14H19Cl2NO2S. The lowest BCUT2D eigenvalue weighted by molar-refractivity contribution is -0.140. The molecule has 112 valence electrons. The smallest absolute Gasteiger partial charge is 0.306 e. The standard InChI is InChI=1S/C14H19Cl2NO2S/c1-3-17(7-6-14(18)19-2)8-9-20-13-10-11(15)4-5-12(13)16/h4-5,10H,3,6-9H2,1-2H3. The van der Waals surface area contributed by atoms with Crippen LogP contribution in [0.1, 0.15) is 13.3 Å². The summed E-state index contributed by atoms with van der Waals surface area (Å²) in [5.41, 5.74) is 0. The molecule has 3 nitrogen and oxygen atoms in total. The maximum atomic E-state index is 11.1. The first-order chi connectivity index (χ1) is 9.56. The third-order valence-corrected chi connectivity index (χ3v) is 4.58. The maximum Gasteiger partial charge on any atom is 0.306 e. The Balaban J connectivity index is 2.37. The Bertz CT molecular complexity index is 443. The highest BCUT2D eigenvalue weighted by molar-refractivity contribution is 7.99. The van der Waals surface area contributed by atoms with Gasteiger partial charge in [0.25, 0.3) is 0 Å². The lowest BCUT2D eigenvalue weighted by Crippen LogP contribution is -2.28. The van der Waals surface area contributed by atoms with Crippen molar-refractivity contribution in [3.8, 4) is 0 Å². The highest BCUT2D eigenvalue weighted by atomic mass is 35.5. The third-order valence-electron chi connectivity index (χ3n) is 2.87. The number of carbonyl (C=O) groups is 1. The van der Waals surface area contributed by atoms with Gasteiger partial charge in [0.2, 0.25) is 0 Å². The number of rotatable bonds is 8. The number of halogens is 2. The first-order valence-corrected chi connectivity index (χ1v) is 8.18. The van der Waals surface area contributed by atoms with Crippen molar-refractivity contribution < 1.29 is 9.53 Å². The van der Waals surface area contributed by atoms with Gasteiger partial charge < -0.3 is 9.64 Å². The van der Waals surface area contributed by atoms with Crippen LogP contribution in [0.4, 0.5) is 0 Å². The minimum absolute atomic E-state index is 0.172. The Kier molecular flexibility index (Phi) is 8.38. The normalized spacial score (nSPS) is 10.8. The summed E-state index contributed by atoms with van der Waals surface area (Å²) in [4.78, 5) is 14.3. The summed E-state index contributed by atoms with van der Waals surface area (Å²) < 4.78 is 4.64. The predicted octanol–water partition coefficient (Wildman–Crippen LogP) is 3.97. The molecule has 0 radical (unpaired) electrons. The van der Waals surface area contributed by atoms with Gasteiger partial charge in [-0.25, -0.2) is 0 Å². The van der Waals surface area contributed by atoms with Crippen molar-refractivity contribution in [1.82, 2.24) is 4.90 Å². The molecule has 0 atom stereocenters. The van der Waals surface area contributed by atoms with Crippen LogP contribution in [0.15, 0.2) is 23.1 Å². The highest BCUT2D eigenvalue weighted by Crippen LogP contribution is 2.29. The Morgan fingerprint density at radius 1 is 1.35 bits per heavy atom. The van der Waals surface area contributed by atoms with E-state index in [1.807, 2.05) is 6.07 Å². The number of benzene rings is 1. The topological polar surface area (TPSA) is 29.5 Å². The molecule has 0 N–H and O–H groups in total. The van der Waals surface area contributed by atoms with Crippen molar-refractivity contribution in [2.75, 3.05) is 32.5 Å². The predicted molar refractivity (Wildman–Crippen MR) is 85.9 cm³/mol. The first kappa shape index (κ1) is 17.6. The molecule has 0 bridgehead atoms. The fraction of sp³-hybridized carbons (Fsp3) is 0.500. The minimum atomic E-state index is -0.172. The van der Waals surface area contributed by atoms with Crippen molar-refractivity contribution in [3.05, 3.63) is 28.2 Å². The Morgan fingerprint density at radius 2 is 2.10 bits per heavy atom. The van der Waals surface area contributed by atoms with Gasteiger partial charge >= 0.3 is 5.97 Å². The summed E-state index contributed by atoms with van der Waals surface area (Å²) in [5, 5.41) is 1.41. The minimum Gasteiger partial charge on any atom is -0.469 e. The molecule has 0 amide bonds. The molecular weight excluding hydrogens is 317 g/mol. The van der Waals surface area contributed by atoms with Gasteiger partial charge in [0.1, 0.15) is 0 Å². The summed E-state index contributed by atoms with van der Waals surface area (Å²) in [7, 11) is 1.41. The van der Waals surface area contributed by atoms with Crippen molar-refractivity contribution in [2.45, 2.75) is 18.2 Å². The quantitative estimate of drug-likeness (QED) is 0.531. The van der Waals surface area contributed by atoms with E-state index in [9.17, 15) is 4.79 Å². The van der Waals surface area contributed by atoms with E-state index in [1.165, 1.54) is 7.11 Å². The van der Waals surface area contributed by atoms with Gasteiger partial charge in [-0.15, -0.1) is 11.8 Å². The molecule has 0 aliphatic heterocycles. The molecule has 0 fully saturated rings. The Morgan fingerprint density at radius 3 is 2.75 bits per heavy atom. The molecule has 1 aromatic carbocycles. The number of thioether (sulfide) groups is 1. The number of methoxy groups -OCH3 is 1. The van der Waals surface area contributed by atoms with Gasteiger partial charge in [-0.2, -0.15) is 0 Å². The lowest BCUT2D eigenvalue weighted by Gasteiger charge is -2.19. The number of hydrogen-bond acceptors (Lipinski definition) is 4. The first-order valence-electron chi connectivity index (χ1n) is 6.43. The highest BCUT2D eigenvalue weighted by Gasteiger charge is 2.08. The van der Waals surface area contributed by atoms with Crippen LogP contribution in [0.25, 0.3) is 0 Å². The monoisotopic (exact) mass is 335 g/mol. The van der Waals surface area contributed by atoms with Gasteiger partial charge in [-0.05, 0) is 24.7 Å². The van der Waals surface area contributed by atoms with Crippen LogP contribution in [0.3, 0.4) is 0 Å². The van der Waals surface area contributed by atoms with Gasteiger partial charge in [-0.1, -0.05) is 30.1 Å². The molecule has 0 saturated carbocycles. The average molecular weight is 336 g/mol. The largest absolute Gasteiger partial charge is 0.469 e. The van der Waals surface area contributed by atoms with Crippen LogP contribution in [-0.4, -0.2) is 43.4 Å². The van der Waals surface area contributed by atoms with Crippen molar-refractivity contribution >= 4 is 40.9 Å². The van der Waals surface area contributed by atoms with E-state index in [2.05, 4.69) is 16.6 Å². The van der Waals surface area contributed by atoms with Crippen LogP contribution in [0.2, 0.25) is 10.0 Å². The molecule has 0 unspecified atom stereocenters. The van der Waals surface area contributed by atoms with Gasteiger partial charge in [0, 0.05) is 28.8 Å². The third kappa shape index (κ3) is 6.35. The molecule has 6 heteroatoms. The van der Waals surface area contributed by atoms with Crippen LogP contribution >= 0.6 is 35.0 Å². The maximum absolute atomic E-state index is 11.1. The molecule has 0 spiro atoms. The van der Waals surface area contributed by atoms with E-state index in [1.54, 1.807) is 23.9 Å². The van der Waals surface area contributed by atoms with E-state index in [-0.39, 0.29) is 5.97 Å². The van der Waals surface area contributed by atoms with E-state index < -0.39 is 0 Å². The zero-order valence-electron chi connectivity index (χ0n) is 11.7. The number of carbonyl (C=O) groups excluding carboxylic acids is 1. The van der Waals surface area contributed by atoms with Gasteiger partial charge in [-0.3, -0.25) is 4.79 Å². The van der Waals surface area contributed by atoms with Crippen LogP contribution < -0.4 is 0 Å². The van der Waals surface area contributed by atoms with Crippen LogP contribution in [0, 0.1) is 0 Å². The molecule has 20 heavy (non-hydrogen) atoms. The van der Waals surface area contributed by atoms with Crippen molar-refractivity contribution in [2.24, 2.45) is 0 Å². The fourth-order valence-corrected chi connectivity index (χ4v) is 3.16. The Hall–Kier alpha value is -0.420. The number of hydrogen-bond donors (Lipinski definition) is 0. The van der Waals surface area contributed by atoms with Crippen molar-refractivity contribution in [1.29, 1.82) is 0 Å². The van der Waals surface area contributed by atoms with Crippen molar-refractivity contribution in [3.63, 3.8) is 0 Å². The lowest BCUT2D eigenvalue weighted by atomic mass is 10.4. The number of nitrogens with zero attached hydrogens (tertiary/aromatic N) is 1. The summed E-state index contributed by atoms with van der Waals surface area (Å²) in [6.07, 6.45) is 0.424. The van der Waals surface area contributed by atoms with Crippen LogP contribution in [-0.2, 0) is 9.53 Å². The zero-order chi connectivity index (χ0) is 15.0. The molecule has 0 heterocycles. The molecule has 0 aromatic heterocycles. The van der Waals surface area contributed by atoms with Gasteiger partial charge in [0.15, 0.2) is 0 Å². The molecule has 0 aliphatic rings. The zero-order valence-corrected chi connectivity index (χ0v) is 14.0. The SMILES string of the molecule is CCN(CCSc1cc(Cl)ccc1Cl)CCC(=O)OC. The molecule has 0 aliphatic carbocycles. The molecule has 1 aromatic rings.